The highest BCUT2D eigenvalue weighted by molar-refractivity contribution is 6.30. The Balaban J connectivity index is 1.81. The van der Waals surface area contributed by atoms with E-state index in [9.17, 15) is 18.4 Å². The van der Waals surface area contributed by atoms with Crippen molar-refractivity contribution >= 4 is 40.7 Å². The van der Waals surface area contributed by atoms with Gasteiger partial charge >= 0.3 is 0 Å². The Kier molecular flexibility index (Phi) is 5.69. The fourth-order valence-electron chi connectivity index (χ4n) is 2.44. The lowest BCUT2D eigenvalue weighted by Gasteiger charge is -2.11. The highest BCUT2D eigenvalue weighted by Crippen LogP contribution is 2.22. The number of nitrogens with zero attached hydrogens (tertiary/aromatic N) is 2. The molecule has 2 amide bonds. The van der Waals surface area contributed by atoms with Crippen LogP contribution in [-0.4, -0.2) is 21.8 Å². The quantitative estimate of drug-likeness (QED) is 0.559. The van der Waals surface area contributed by atoms with Crippen molar-refractivity contribution in [3.05, 3.63) is 76.1 Å². The fourth-order valence-corrected chi connectivity index (χ4v) is 2.59. The summed E-state index contributed by atoms with van der Waals surface area (Å²) in [5.74, 6) is -3.19. The molecular formula is C19H14ClF2N5O2. The summed E-state index contributed by atoms with van der Waals surface area (Å²) in [5.41, 5.74) is 6.31. The van der Waals surface area contributed by atoms with Gasteiger partial charge in [0, 0.05) is 11.3 Å². The van der Waals surface area contributed by atoms with Crippen LogP contribution in [0.1, 0.15) is 26.3 Å². The number of aromatic nitrogens is 2. The van der Waals surface area contributed by atoms with Crippen molar-refractivity contribution in [3.8, 4) is 0 Å². The molecule has 1 aromatic heterocycles. The number of hydrogen-bond donors (Lipinski definition) is 3. The smallest absolute Gasteiger partial charge is 0.258 e. The van der Waals surface area contributed by atoms with E-state index in [1.54, 1.807) is 13.0 Å². The number of halogens is 3. The third kappa shape index (κ3) is 4.64. The van der Waals surface area contributed by atoms with Gasteiger partial charge in [-0.25, -0.2) is 18.7 Å². The molecule has 0 aliphatic rings. The third-order valence-corrected chi connectivity index (χ3v) is 4.21. The Bertz CT molecular complexity index is 1110. The van der Waals surface area contributed by atoms with E-state index in [2.05, 4.69) is 20.6 Å². The van der Waals surface area contributed by atoms with E-state index in [0.717, 1.165) is 0 Å². The molecule has 0 aliphatic heterocycles. The number of benzene rings is 2. The summed E-state index contributed by atoms with van der Waals surface area (Å²) in [6, 6.07) is 5.96. The van der Waals surface area contributed by atoms with Crippen molar-refractivity contribution in [2.45, 2.75) is 6.92 Å². The fraction of sp³-hybridized carbons (Fsp3) is 0.0526. The molecule has 7 nitrogen and oxygen atoms in total. The maximum absolute atomic E-state index is 13.9. The van der Waals surface area contributed by atoms with E-state index >= 15 is 0 Å². The SMILES string of the molecule is Cc1ccc(NC(=O)c2cc(F)c(Cl)cc2F)cc1C(=O)Nc1cnc(N)nc1. The van der Waals surface area contributed by atoms with Gasteiger partial charge in [-0.2, -0.15) is 0 Å². The first kappa shape index (κ1) is 20.2. The summed E-state index contributed by atoms with van der Waals surface area (Å²) in [6.45, 7) is 1.70. The van der Waals surface area contributed by atoms with Crippen molar-refractivity contribution in [2.75, 3.05) is 16.4 Å². The minimum Gasteiger partial charge on any atom is -0.368 e. The number of anilines is 3. The van der Waals surface area contributed by atoms with Gasteiger partial charge in [0.05, 0.1) is 28.7 Å². The van der Waals surface area contributed by atoms with Crippen molar-refractivity contribution in [2.24, 2.45) is 0 Å². The van der Waals surface area contributed by atoms with Gasteiger partial charge in [0.2, 0.25) is 5.95 Å². The molecule has 0 saturated heterocycles. The van der Waals surface area contributed by atoms with Crippen molar-refractivity contribution < 1.29 is 18.4 Å². The van der Waals surface area contributed by atoms with Crippen LogP contribution in [0.15, 0.2) is 42.7 Å². The molecule has 2 aromatic carbocycles. The minimum atomic E-state index is -0.970. The number of carbonyl (C=O) groups is 2. The van der Waals surface area contributed by atoms with E-state index < -0.39 is 34.0 Å². The number of aryl methyl sites for hydroxylation is 1. The molecular weight excluding hydrogens is 404 g/mol. The number of nitrogens with two attached hydrogens (primary N) is 1. The van der Waals surface area contributed by atoms with E-state index in [4.69, 9.17) is 17.3 Å². The van der Waals surface area contributed by atoms with Gasteiger partial charge in [-0.05, 0) is 36.8 Å². The normalized spacial score (nSPS) is 10.5. The van der Waals surface area contributed by atoms with Crippen molar-refractivity contribution in [1.82, 2.24) is 9.97 Å². The Morgan fingerprint density at radius 2 is 1.55 bits per heavy atom. The van der Waals surface area contributed by atoms with Gasteiger partial charge in [0.1, 0.15) is 11.6 Å². The average Bonchev–Trinajstić information content (AvgIpc) is 2.67. The number of carbonyl (C=O) groups excluding carboxylic acids is 2. The molecule has 0 aliphatic carbocycles. The molecule has 0 bridgehead atoms. The second-order valence-corrected chi connectivity index (χ2v) is 6.42. The van der Waals surface area contributed by atoms with Crippen molar-refractivity contribution in [1.29, 1.82) is 0 Å². The second kappa shape index (κ2) is 8.19. The van der Waals surface area contributed by atoms with Crippen LogP contribution in [0.5, 0.6) is 0 Å². The molecule has 0 spiro atoms. The molecule has 0 radical (unpaired) electrons. The summed E-state index contributed by atoms with van der Waals surface area (Å²) in [7, 11) is 0. The molecule has 1 heterocycles. The van der Waals surface area contributed by atoms with Gasteiger partial charge in [-0.15, -0.1) is 0 Å². The monoisotopic (exact) mass is 417 g/mol. The summed E-state index contributed by atoms with van der Waals surface area (Å²) in [4.78, 5) is 32.4. The summed E-state index contributed by atoms with van der Waals surface area (Å²) < 4.78 is 27.5. The molecule has 148 valence electrons. The predicted octanol–water partition coefficient (Wildman–Crippen LogP) is 3.80. The van der Waals surface area contributed by atoms with E-state index in [1.165, 1.54) is 24.5 Å². The average molecular weight is 418 g/mol. The molecule has 3 aromatic rings. The van der Waals surface area contributed by atoms with Crippen LogP contribution in [0.3, 0.4) is 0 Å². The first-order valence-electron chi connectivity index (χ1n) is 8.20. The molecule has 29 heavy (non-hydrogen) atoms. The molecule has 0 atom stereocenters. The number of amides is 2. The molecule has 4 N–H and O–H groups in total. The zero-order valence-corrected chi connectivity index (χ0v) is 15.7. The maximum Gasteiger partial charge on any atom is 0.258 e. The maximum atomic E-state index is 13.9. The van der Waals surface area contributed by atoms with Gasteiger partial charge in [0.25, 0.3) is 11.8 Å². The van der Waals surface area contributed by atoms with Crippen LogP contribution in [0.25, 0.3) is 0 Å². The minimum absolute atomic E-state index is 0.0646. The third-order valence-electron chi connectivity index (χ3n) is 3.92. The van der Waals surface area contributed by atoms with E-state index in [0.29, 0.717) is 23.4 Å². The zero-order valence-electron chi connectivity index (χ0n) is 15.0. The summed E-state index contributed by atoms with van der Waals surface area (Å²) in [6.07, 6.45) is 2.69. The van der Waals surface area contributed by atoms with Crippen LogP contribution >= 0.6 is 11.6 Å². The summed E-state index contributed by atoms with van der Waals surface area (Å²) in [5, 5.41) is 4.60. The topological polar surface area (TPSA) is 110 Å². The Morgan fingerprint density at radius 3 is 2.24 bits per heavy atom. The molecule has 0 saturated carbocycles. The Morgan fingerprint density at radius 1 is 0.931 bits per heavy atom. The van der Waals surface area contributed by atoms with Gasteiger partial charge < -0.3 is 16.4 Å². The molecule has 3 rings (SSSR count). The first-order valence-corrected chi connectivity index (χ1v) is 8.58. The molecule has 10 heteroatoms. The number of hydrogen-bond acceptors (Lipinski definition) is 5. The number of nitrogen functional groups attached to an aromatic ring is 1. The lowest BCUT2D eigenvalue weighted by Crippen LogP contribution is -2.17. The largest absolute Gasteiger partial charge is 0.368 e. The Labute approximate surface area is 168 Å². The number of nitrogens with one attached hydrogen (secondary N) is 2. The molecule has 0 unspecified atom stereocenters. The standard InChI is InChI=1S/C19H14ClF2N5O2/c1-9-2-3-10(26-18(29)13-5-16(22)14(20)6-15(13)21)4-12(9)17(28)27-11-7-24-19(23)25-8-11/h2-8H,1H3,(H,26,29)(H,27,28)(H2,23,24,25). The Hall–Kier alpha value is -3.59. The van der Waals surface area contributed by atoms with Crippen LogP contribution in [0.2, 0.25) is 5.02 Å². The molecule has 0 fully saturated rings. The van der Waals surface area contributed by atoms with Gasteiger partial charge in [-0.3, -0.25) is 9.59 Å². The van der Waals surface area contributed by atoms with Crippen LogP contribution < -0.4 is 16.4 Å². The van der Waals surface area contributed by atoms with E-state index in [1.807, 2.05) is 0 Å². The van der Waals surface area contributed by atoms with Gasteiger partial charge in [0.15, 0.2) is 0 Å². The van der Waals surface area contributed by atoms with Gasteiger partial charge in [-0.1, -0.05) is 17.7 Å². The van der Waals surface area contributed by atoms with Crippen LogP contribution in [0.4, 0.5) is 26.1 Å². The lowest BCUT2D eigenvalue weighted by molar-refractivity contribution is 0.101. The van der Waals surface area contributed by atoms with Crippen molar-refractivity contribution in [3.63, 3.8) is 0 Å². The van der Waals surface area contributed by atoms with Crippen LogP contribution in [0, 0.1) is 18.6 Å². The lowest BCUT2D eigenvalue weighted by atomic mass is 10.1. The van der Waals surface area contributed by atoms with Crippen LogP contribution in [-0.2, 0) is 0 Å². The first-order chi connectivity index (χ1) is 13.7. The highest BCUT2D eigenvalue weighted by atomic mass is 35.5. The van der Waals surface area contributed by atoms with E-state index in [-0.39, 0.29) is 17.2 Å². The summed E-state index contributed by atoms with van der Waals surface area (Å²) >= 11 is 5.49. The zero-order chi connectivity index (χ0) is 21.1. The second-order valence-electron chi connectivity index (χ2n) is 6.01. The highest BCUT2D eigenvalue weighted by Gasteiger charge is 2.17. The predicted molar refractivity (Wildman–Crippen MR) is 105 cm³/mol. The number of rotatable bonds is 4.